The highest BCUT2D eigenvalue weighted by Gasteiger charge is 2.28. The van der Waals surface area contributed by atoms with Crippen molar-refractivity contribution in [3.63, 3.8) is 0 Å². The van der Waals surface area contributed by atoms with Gasteiger partial charge in [-0.25, -0.2) is 9.78 Å². The smallest absolute Gasteiger partial charge is 0.415 e. The largest absolute Gasteiger partial charge is 0.449 e. The Morgan fingerprint density at radius 2 is 2.10 bits per heavy atom. The molecular formula is C22H24N4O3. The number of allylic oxidation sites excluding steroid dienone is 2. The van der Waals surface area contributed by atoms with E-state index in [0.717, 1.165) is 17.8 Å². The van der Waals surface area contributed by atoms with Crippen LogP contribution < -0.4 is 10.5 Å². The molecule has 0 fully saturated rings. The molecule has 2 aliphatic heterocycles. The van der Waals surface area contributed by atoms with Crippen molar-refractivity contribution in [2.75, 3.05) is 31.6 Å². The molecule has 0 bridgehead atoms. The van der Waals surface area contributed by atoms with Crippen molar-refractivity contribution < 1.29 is 9.53 Å². The van der Waals surface area contributed by atoms with Crippen LogP contribution in [0.25, 0.3) is 5.70 Å². The highest BCUT2D eigenvalue weighted by molar-refractivity contribution is 5.88. The Labute approximate surface area is 169 Å². The number of aromatic nitrogens is 2. The molecule has 0 aliphatic carbocycles. The minimum atomic E-state index is -0.461. The van der Waals surface area contributed by atoms with E-state index in [-0.39, 0.29) is 12.2 Å². The topological polar surface area (TPSA) is 78.5 Å². The van der Waals surface area contributed by atoms with Gasteiger partial charge in [-0.2, -0.15) is 0 Å². The SMILES string of the molecule is CN1CC=CC=C1c1nc2c(c(=O)[nH]1)CCCN2C(=O)OCCc1ccccc1. The van der Waals surface area contributed by atoms with E-state index in [2.05, 4.69) is 9.97 Å². The summed E-state index contributed by atoms with van der Waals surface area (Å²) in [6.07, 6.45) is 7.35. The first-order chi connectivity index (χ1) is 14.1. The Bertz CT molecular complexity index is 1010. The molecular weight excluding hydrogens is 368 g/mol. The minimum absolute atomic E-state index is 0.198. The molecule has 1 aromatic heterocycles. The maximum atomic E-state index is 12.7. The molecule has 1 N–H and O–H groups in total. The predicted molar refractivity (Wildman–Crippen MR) is 112 cm³/mol. The predicted octanol–water partition coefficient (Wildman–Crippen LogP) is 2.74. The summed E-state index contributed by atoms with van der Waals surface area (Å²) < 4.78 is 5.49. The molecule has 2 aromatic rings. The number of nitrogens with one attached hydrogen (secondary N) is 1. The molecule has 7 heteroatoms. The Hall–Kier alpha value is -3.35. The molecule has 29 heavy (non-hydrogen) atoms. The molecule has 0 radical (unpaired) electrons. The van der Waals surface area contributed by atoms with Crippen LogP contribution in [0.1, 0.15) is 23.4 Å². The Balaban J connectivity index is 1.55. The van der Waals surface area contributed by atoms with Crippen LogP contribution in [-0.4, -0.2) is 47.7 Å². The van der Waals surface area contributed by atoms with Gasteiger partial charge < -0.3 is 14.6 Å². The van der Waals surface area contributed by atoms with Crippen LogP contribution in [0.4, 0.5) is 10.6 Å². The lowest BCUT2D eigenvalue weighted by Gasteiger charge is -2.29. The van der Waals surface area contributed by atoms with Gasteiger partial charge in [-0.05, 0) is 24.5 Å². The molecule has 7 nitrogen and oxygen atoms in total. The van der Waals surface area contributed by atoms with E-state index in [4.69, 9.17) is 4.74 Å². The maximum Gasteiger partial charge on any atom is 0.415 e. The molecule has 0 unspecified atom stereocenters. The Morgan fingerprint density at radius 3 is 2.90 bits per heavy atom. The van der Waals surface area contributed by atoms with Crippen LogP contribution in [0.2, 0.25) is 0 Å². The van der Waals surface area contributed by atoms with Crippen LogP contribution in [-0.2, 0) is 17.6 Å². The number of hydrogen-bond donors (Lipinski definition) is 1. The van der Waals surface area contributed by atoms with Crippen LogP contribution in [0.5, 0.6) is 0 Å². The maximum absolute atomic E-state index is 12.7. The first kappa shape index (κ1) is 19.0. The second-order valence-corrected chi connectivity index (χ2v) is 7.18. The molecule has 0 spiro atoms. The number of carbonyl (C=O) groups is 1. The van der Waals surface area contributed by atoms with E-state index < -0.39 is 6.09 Å². The van der Waals surface area contributed by atoms with E-state index in [1.165, 1.54) is 4.90 Å². The number of fused-ring (bicyclic) bond motifs is 1. The van der Waals surface area contributed by atoms with Gasteiger partial charge in [0.25, 0.3) is 5.56 Å². The number of rotatable bonds is 4. The third kappa shape index (κ3) is 4.08. The average Bonchev–Trinajstić information content (AvgIpc) is 2.74. The van der Waals surface area contributed by atoms with Gasteiger partial charge >= 0.3 is 6.09 Å². The summed E-state index contributed by atoms with van der Waals surface area (Å²) in [6, 6.07) is 9.88. The number of hydrogen-bond acceptors (Lipinski definition) is 5. The first-order valence-electron chi connectivity index (χ1n) is 9.83. The lowest BCUT2D eigenvalue weighted by Crippen LogP contribution is -2.40. The summed E-state index contributed by atoms with van der Waals surface area (Å²) in [6.45, 7) is 1.50. The van der Waals surface area contributed by atoms with Gasteiger partial charge in [-0.15, -0.1) is 0 Å². The lowest BCUT2D eigenvalue weighted by atomic mass is 10.1. The number of carbonyl (C=O) groups excluding carboxylic acids is 1. The van der Waals surface area contributed by atoms with Crippen molar-refractivity contribution in [3.05, 3.63) is 75.9 Å². The van der Waals surface area contributed by atoms with E-state index in [1.807, 2.05) is 60.5 Å². The number of benzene rings is 1. The molecule has 2 aliphatic rings. The highest BCUT2D eigenvalue weighted by atomic mass is 16.6. The number of nitrogens with zero attached hydrogens (tertiary/aromatic N) is 3. The standard InChI is InChI=1S/C22H24N4O3/c1-25-13-6-5-11-18(25)19-23-20-17(21(27)24-19)10-7-14-26(20)22(28)29-15-12-16-8-3-2-4-9-16/h2-6,8-9,11H,7,10,12-15H2,1H3,(H,23,24,27). The van der Waals surface area contributed by atoms with E-state index in [9.17, 15) is 9.59 Å². The Morgan fingerprint density at radius 1 is 1.28 bits per heavy atom. The Kier molecular flexibility index (Phi) is 5.46. The molecule has 0 saturated carbocycles. The van der Waals surface area contributed by atoms with E-state index in [0.29, 0.717) is 43.0 Å². The second kappa shape index (κ2) is 8.34. The number of likely N-dealkylation sites (N-methyl/N-ethyl adjacent to an activating group) is 1. The van der Waals surface area contributed by atoms with Crippen molar-refractivity contribution in [1.29, 1.82) is 0 Å². The lowest BCUT2D eigenvalue weighted by molar-refractivity contribution is 0.154. The monoisotopic (exact) mass is 392 g/mol. The third-order valence-corrected chi connectivity index (χ3v) is 5.16. The first-order valence-corrected chi connectivity index (χ1v) is 9.83. The summed E-state index contributed by atoms with van der Waals surface area (Å²) in [4.78, 5) is 36.4. The summed E-state index contributed by atoms with van der Waals surface area (Å²) in [5.41, 5.74) is 2.26. The molecule has 3 heterocycles. The summed E-state index contributed by atoms with van der Waals surface area (Å²) >= 11 is 0. The number of aromatic amines is 1. The number of ether oxygens (including phenoxy) is 1. The fraction of sp³-hybridized carbons (Fsp3) is 0.318. The van der Waals surface area contributed by atoms with Crippen LogP contribution in [0.3, 0.4) is 0 Å². The molecule has 1 amide bonds. The summed E-state index contributed by atoms with van der Waals surface area (Å²) in [7, 11) is 1.93. The van der Waals surface area contributed by atoms with Gasteiger partial charge in [0.15, 0.2) is 5.82 Å². The molecule has 4 rings (SSSR count). The molecule has 150 valence electrons. The van der Waals surface area contributed by atoms with Crippen LogP contribution in [0.15, 0.2) is 53.4 Å². The van der Waals surface area contributed by atoms with Gasteiger partial charge in [0.1, 0.15) is 5.82 Å². The van der Waals surface area contributed by atoms with Crippen molar-refractivity contribution >= 4 is 17.6 Å². The highest BCUT2D eigenvalue weighted by Crippen LogP contribution is 2.25. The zero-order valence-corrected chi connectivity index (χ0v) is 16.4. The van der Waals surface area contributed by atoms with Crippen LogP contribution in [0, 0.1) is 0 Å². The van der Waals surface area contributed by atoms with Gasteiger partial charge in [-0.1, -0.05) is 42.5 Å². The summed E-state index contributed by atoms with van der Waals surface area (Å²) in [5, 5.41) is 0. The zero-order valence-electron chi connectivity index (χ0n) is 16.4. The van der Waals surface area contributed by atoms with Gasteiger partial charge in [0, 0.05) is 26.6 Å². The van der Waals surface area contributed by atoms with Crippen molar-refractivity contribution in [2.24, 2.45) is 0 Å². The number of amides is 1. The van der Waals surface area contributed by atoms with Gasteiger partial charge in [-0.3, -0.25) is 9.69 Å². The molecule has 0 saturated heterocycles. The number of anilines is 1. The minimum Gasteiger partial charge on any atom is -0.449 e. The second-order valence-electron chi connectivity index (χ2n) is 7.18. The van der Waals surface area contributed by atoms with Crippen molar-refractivity contribution in [2.45, 2.75) is 19.3 Å². The summed E-state index contributed by atoms with van der Waals surface area (Å²) in [5.74, 6) is 0.869. The molecule has 1 aromatic carbocycles. The van der Waals surface area contributed by atoms with E-state index >= 15 is 0 Å². The van der Waals surface area contributed by atoms with Gasteiger partial charge in [0.2, 0.25) is 0 Å². The van der Waals surface area contributed by atoms with Gasteiger partial charge in [0.05, 0.1) is 17.9 Å². The van der Waals surface area contributed by atoms with Crippen molar-refractivity contribution in [3.8, 4) is 0 Å². The van der Waals surface area contributed by atoms with Crippen molar-refractivity contribution in [1.82, 2.24) is 14.9 Å². The average molecular weight is 392 g/mol. The zero-order chi connectivity index (χ0) is 20.2. The quantitative estimate of drug-likeness (QED) is 0.866. The normalized spacial score (nSPS) is 15.7. The van der Waals surface area contributed by atoms with E-state index in [1.54, 1.807) is 0 Å². The molecule has 0 atom stereocenters. The third-order valence-electron chi connectivity index (χ3n) is 5.16. The fourth-order valence-corrected chi connectivity index (χ4v) is 3.60. The number of H-pyrrole nitrogens is 1. The fourth-order valence-electron chi connectivity index (χ4n) is 3.60. The van der Waals surface area contributed by atoms with Crippen LogP contribution >= 0.6 is 0 Å².